The molecule has 0 amide bonds. The van der Waals surface area contributed by atoms with Crippen LogP contribution in [0.2, 0.25) is 0 Å². The molecule has 2 N–H and O–H groups in total. The molecule has 162 valence electrons. The quantitative estimate of drug-likeness (QED) is 0.568. The Hall–Kier alpha value is -1.97. The first-order valence-corrected chi connectivity index (χ1v) is 11.8. The maximum Gasteiger partial charge on any atom is 0.219 e. The molecule has 4 rings (SSSR count). The lowest BCUT2D eigenvalue weighted by molar-refractivity contribution is 0.105. The Morgan fingerprint density at radius 3 is 2.20 bits per heavy atom. The van der Waals surface area contributed by atoms with Gasteiger partial charge in [0.05, 0.1) is 25.4 Å². The van der Waals surface area contributed by atoms with Gasteiger partial charge in [-0.25, -0.2) is 8.42 Å². The lowest BCUT2D eigenvalue weighted by atomic mass is 10.2. The molecule has 1 aliphatic heterocycles. The van der Waals surface area contributed by atoms with Crippen LogP contribution in [0.5, 0.6) is 0 Å². The summed E-state index contributed by atoms with van der Waals surface area (Å²) in [4.78, 5) is 0. The van der Waals surface area contributed by atoms with Crippen molar-refractivity contribution in [1.82, 2.24) is 8.87 Å². The van der Waals surface area contributed by atoms with Crippen LogP contribution in [0.4, 0.5) is 0 Å². The van der Waals surface area contributed by atoms with E-state index < -0.39 is 27.5 Å². The van der Waals surface area contributed by atoms with Crippen molar-refractivity contribution >= 4 is 31.8 Å². The van der Waals surface area contributed by atoms with Crippen molar-refractivity contribution in [3.8, 4) is 0 Å². The molecular formula is C22H28N2O5S. The second-order valence-corrected chi connectivity index (χ2v) is 10.2. The molecule has 30 heavy (non-hydrogen) atoms. The third kappa shape index (κ3) is 4.10. The molecule has 1 fully saturated rings. The summed E-state index contributed by atoms with van der Waals surface area (Å²) in [6.45, 7) is 2.24. The topological polar surface area (TPSA) is 92.0 Å². The molecule has 1 saturated heterocycles. The molecule has 2 aromatic carbocycles. The molecule has 2 heterocycles. The van der Waals surface area contributed by atoms with E-state index in [0.717, 1.165) is 21.8 Å². The Kier molecular flexibility index (Phi) is 6.13. The second kappa shape index (κ2) is 8.64. The molecule has 0 spiro atoms. The van der Waals surface area contributed by atoms with E-state index in [1.165, 1.54) is 4.31 Å². The predicted octanol–water partition coefficient (Wildman–Crippen LogP) is 1.96. The van der Waals surface area contributed by atoms with Gasteiger partial charge in [-0.3, -0.25) is 0 Å². The van der Waals surface area contributed by atoms with Crippen LogP contribution in [0, 0.1) is 0 Å². The first kappa shape index (κ1) is 21.3. The van der Waals surface area contributed by atoms with Crippen LogP contribution in [0.1, 0.15) is 13.3 Å². The van der Waals surface area contributed by atoms with Crippen molar-refractivity contribution in [3.63, 3.8) is 0 Å². The number of aliphatic hydroxyl groups is 2. The summed E-state index contributed by atoms with van der Waals surface area (Å²) in [7, 11) is -3.68. The molecule has 3 atom stereocenters. The summed E-state index contributed by atoms with van der Waals surface area (Å²) in [6, 6.07) is 16.0. The van der Waals surface area contributed by atoms with Gasteiger partial charge in [-0.1, -0.05) is 36.4 Å². The fraction of sp³-hybridized carbons (Fsp3) is 0.455. The molecule has 1 aliphatic rings. The number of benzene rings is 2. The molecule has 3 aromatic rings. The van der Waals surface area contributed by atoms with Gasteiger partial charge >= 0.3 is 0 Å². The first-order valence-electron chi connectivity index (χ1n) is 10.3. The molecule has 8 heteroatoms. The lowest BCUT2D eigenvalue weighted by Gasteiger charge is -2.28. The third-order valence-electron chi connectivity index (χ3n) is 5.62. The normalized spacial score (nSPS) is 19.7. The minimum atomic E-state index is -3.68. The van der Waals surface area contributed by atoms with E-state index in [1.54, 1.807) is 6.92 Å². The standard InChI is InChI=1S/C22H28N2O5S/c1-16(25)12-23(30(27,28)18-10-11-29-15-18)13-17(26)14-24-21-8-4-2-6-19(21)20-7-3-5-9-22(20)24/h2-9,16-18,25-26H,10-15H2,1H3. The zero-order chi connectivity index (χ0) is 21.3. The van der Waals surface area contributed by atoms with E-state index in [1.807, 2.05) is 53.1 Å². The molecular weight excluding hydrogens is 404 g/mol. The fourth-order valence-corrected chi connectivity index (χ4v) is 6.13. The summed E-state index contributed by atoms with van der Waals surface area (Å²) in [5.41, 5.74) is 1.98. The Bertz CT molecular complexity index is 1070. The zero-order valence-electron chi connectivity index (χ0n) is 17.0. The number of hydrogen-bond donors (Lipinski definition) is 2. The Morgan fingerprint density at radius 2 is 1.67 bits per heavy atom. The van der Waals surface area contributed by atoms with Gasteiger partial charge in [0.25, 0.3) is 0 Å². The maximum absolute atomic E-state index is 13.0. The number of nitrogens with zero attached hydrogens (tertiary/aromatic N) is 2. The highest BCUT2D eigenvalue weighted by molar-refractivity contribution is 7.89. The monoisotopic (exact) mass is 432 g/mol. The largest absolute Gasteiger partial charge is 0.392 e. The van der Waals surface area contributed by atoms with Crippen LogP contribution in [0.25, 0.3) is 21.8 Å². The maximum atomic E-state index is 13.0. The number of sulfonamides is 1. The van der Waals surface area contributed by atoms with Gasteiger partial charge in [0.15, 0.2) is 0 Å². The average molecular weight is 433 g/mol. The number of aliphatic hydroxyl groups excluding tert-OH is 2. The number of hydrogen-bond acceptors (Lipinski definition) is 5. The smallest absolute Gasteiger partial charge is 0.219 e. The van der Waals surface area contributed by atoms with Gasteiger partial charge in [-0.15, -0.1) is 0 Å². The number of fused-ring (bicyclic) bond motifs is 3. The van der Waals surface area contributed by atoms with Gasteiger partial charge in [0, 0.05) is 41.5 Å². The summed E-state index contributed by atoms with van der Waals surface area (Å²) < 4.78 is 34.6. The van der Waals surface area contributed by atoms with Crippen molar-refractivity contribution in [2.75, 3.05) is 26.3 Å². The van der Waals surface area contributed by atoms with E-state index in [2.05, 4.69) is 0 Å². The number of rotatable bonds is 8. The van der Waals surface area contributed by atoms with E-state index in [9.17, 15) is 18.6 Å². The van der Waals surface area contributed by atoms with E-state index in [-0.39, 0.29) is 26.2 Å². The summed E-state index contributed by atoms with van der Waals surface area (Å²) >= 11 is 0. The summed E-state index contributed by atoms with van der Waals surface area (Å²) in [5.74, 6) is 0. The molecule has 3 unspecified atom stereocenters. The van der Waals surface area contributed by atoms with Crippen molar-refractivity contribution in [2.45, 2.75) is 37.3 Å². The predicted molar refractivity (Wildman–Crippen MR) is 117 cm³/mol. The Morgan fingerprint density at radius 1 is 1.07 bits per heavy atom. The lowest BCUT2D eigenvalue weighted by Crippen LogP contribution is -2.46. The van der Waals surface area contributed by atoms with E-state index in [4.69, 9.17) is 4.74 Å². The third-order valence-corrected chi connectivity index (χ3v) is 7.86. The molecule has 0 saturated carbocycles. The minimum Gasteiger partial charge on any atom is -0.392 e. The van der Waals surface area contributed by atoms with Gasteiger partial charge < -0.3 is 19.5 Å². The van der Waals surface area contributed by atoms with Gasteiger partial charge in [-0.2, -0.15) is 4.31 Å². The van der Waals surface area contributed by atoms with Crippen molar-refractivity contribution in [2.24, 2.45) is 0 Å². The number of aromatic nitrogens is 1. The van der Waals surface area contributed by atoms with Gasteiger partial charge in [0.2, 0.25) is 10.0 Å². The number of ether oxygens (including phenoxy) is 1. The molecule has 1 aromatic heterocycles. The SMILES string of the molecule is CC(O)CN(CC(O)Cn1c2ccccc2c2ccccc21)S(=O)(=O)C1CCOC1. The van der Waals surface area contributed by atoms with Crippen molar-refractivity contribution in [1.29, 1.82) is 0 Å². The zero-order valence-corrected chi connectivity index (χ0v) is 17.8. The average Bonchev–Trinajstić information content (AvgIpc) is 3.36. The molecule has 7 nitrogen and oxygen atoms in total. The van der Waals surface area contributed by atoms with Gasteiger partial charge in [-0.05, 0) is 25.5 Å². The summed E-state index contributed by atoms with van der Waals surface area (Å²) in [5, 5.41) is 22.3. The van der Waals surface area contributed by atoms with Crippen LogP contribution in [-0.2, 0) is 21.3 Å². The first-order chi connectivity index (χ1) is 14.4. The van der Waals surface area contributed by atoms with E-state index >= 15 is 0 Å². The minimum absolute atomic E-state index is 0.0525. The van der Waals surface area contributed by atoms with Crippen LogP contribution in [0.15, 0.2) is 48.5 Å². The molecule has 0 aliphatic carbocycles. The molecule has 0 bridgehead atoms. The van der Waals surface area contributed by atoms with Crippen molar-refractivity contribution in [3.05, 3.63) is 48.5 Å². The van der Waals surface area contributed by atoms with Crippen LogP contribution in [0.3, 0.4) is 0 Å². The fourth-order valence-electron chi connectivity index (χ4n) is 4.24. The van der Waals surface area contributed by atoms with E-state index in [0.29, 0.717) is 13.0 Å². The Labute approximate surface area is 176 Å². The van der Waals surface area contributed by atoms with Crippen LogP contribution < -0.4 is 0 Å². The highest BCUT2D eigenvalue weighted by Crippen LogP contribution is 2.29. The highest BCUT2D eigenvalue weighted by atomic mass is 32.2. The Balaban J connectivity index is 1.61. The number of para-hydroxylation sites is 2. The highest BCUT2D eigenvalue weighted by Gasteiger charge is 2.36. The van der Waals surface area contributed by atoms with Crippen LogP contribution >= 0.6 is 0 Å². The van der Waals surface area contributed by atoms with Crippen LogP contribution in [-0.4, -0.2) is 71.3 Å². The summed E-state index contributed by atoms with van der Waals surface area (Å²) in [6.07, 6.45) is -1.33. The second-order valence-electron chi connectivity index (χ2n) is 8.00. The van der Waals surface area contributed by atoms with Gasteiger partial charge in [0.1, 0.15) is 5.25 Å². The molecule has 0 radical (unpaired) electrons. The van der Waals surface area contributed by atoms with Crippen molar-refractivity contribution < 1.29 is 23.4 Å².